The van der Waals surface area contributed by atoms with Crippen molar-refractivity contribution in [2.75, 3.05) is 63.9 Å². The molecule has 266 valence electrons. The standard InChI is InChI=1S/C37H47FN8O4/c1-4-46(24(2)3)36(47)28-14-26(38)6-7-32(28)50-35-34(40-23-41-42-35)45-21-37(22-45)15-27(16-37)49-33-8-10-39-30-9-13-43(18-29(30)33)11-5-12-44-17-25-19-48-20-31(25)44/h6-8,10,14,23-25,27,31H,4-5,9,11-13,15-22H2,1-3H3. The smallest absolute Gasteiger partial charge is 0.282 e. The molecule has 0 bridgehead atoms. The van der Waals surface area contributed by atoms with Crippen LogP contribution in [0.5, 0.6) is 17.4 Å². The number of anilines is 1. The number of halogens is 1. The summed E-state index contributed by atoms with van der Waals surface area (Å²) in [4.78, 5) is 31.5. The van der Waals surface area contributed by atoms with Gasteiger partial charge in [-0.05, 0) is 77.4 Å². The minimum atomic E-state index is -0.510. The van der Waals surface area contributed by atoms with E-state index in [-0.39, 0.29) is 40.7 Å². The van der Waals surface area contributed by atoms with Crippen molar-refractivity contribution >= 4 is 11.7 Å². The third-order valence-corrected chi connectivity index (χ3v) is 11.3. The number of carbonyl (C=O) groups excluding carboxylic acids is 1. The Morgan fingerprint density at radius 2 is 2.00 bits per heavy atom. The van der Waals surface area contributed by atoms with E-state index in [9.17, 15) is 9.18 Å². The average molecular weight is 687 g/mol. The molecular weight excluding hydrogens is 639 g/mol. The van der Waals surface area contributed by atoms with Crippen molar-refractivity contribution in [3.8, 4) is 17.4 Å². The van der Waals surface area contributed by atoms with Gasteiger partial charge in [-0.15, -0.1) is 10.2 Å². The first kappa shape index (κ1) is 33.2. The second-order valence-electron chi connectivity index (χ2n) is 15.0. The molecule has 4 aliphatic heterocycles. The van der Waals surface area contributed by atoms with Crippen molar-refractivity contribution in [1.29, 1.82) is 0 Å². The molecule has 50 heavy (non-hydrogen) atoms. The molecule has 2 atom stereocenters. The van der Waals surface area contributed by atoms with Gasteiger partial charge in [0.25, 0.3) is 11.8 Å². The Morgan fingerprint density at radius 1 is 1.14 bits per heavy atom. The zero-order valence-corrected chi connectivity index (χ0v) is 29.3. The molecule has 1 spiro atoms. The van der Waals surface area contributed by atoms with Gasteiger partial charge in [0.05, 0.1) is 18.8 Å². The lowest BCUT2D eigenvalue weighted by molar-refractivity contribution is -0.0353. The van der Waals surface area contributed by atoms with Gasteiger partial charge < -0.3 is 24.0 Å². The van der Waals surface area contributed by atoms with Crippen LogP contribution in [0.3, 0.4) is 0 Å². The minimum Gasteiger partial charge on any atom is -0.490 e. The van der Waals surface area contributed by atoms with Crippen LogP contribution in [-0.2, 0) is 17.7 Å². The highest BCUT2D eigenvalue weighted by atomic mass is 19.1. The van der Waals surface area contributed by atoms with E-state index in [2.05, 4.69) is 29.9 Å². The van der Waals surface area contributed by atoms with E-state index in [4.69, 9.17) is 19.2 Å². The van der Waals surface area contributed by atoms with E-state index in [1.165, 1.54) is 43.1 Å². The first-order chi connectivity index (χ1) is 24.3. The van der Waals surface area contributed by atoms with Crippen molar-refractivity contribution in [3.63, 3.8) is 0 Å². The van der Waals surface area contributed by atoms with Crippen LogP contribution in [0.1, 0.15) is 61.6 Å². The number of ether oxygens (including phenoxy) is 3. The second kappa shape index (κ2) is 13.6. The van der Waals surface area contributed by atoms with Crippen LogP contribution in [-0.4, -0.2) is 118 Å². The molecule has 0 radical (unpaired) electrons. The summed E-state index contributed by atoms with van der Waals surface area (Å²) < 4.78 is 32.8. The predicted molar refractivity (Wildman–Crippen MR) is 184 cm³/mol. The lowest BCUT2D eigenvalue weighted by Crippen LogP contribution is -2.65. The van der Waals surface area contributed by atoms with Gasteiger partial charge in [0.15, 0.2) is 5.82 Å². The van der Waals surface area contributed by atoms with E-state index in [1.807, 2.05) is 33.0 Å². The largest absolute Gasteiger partial charge is 0.490 e. The van der Waals surface area contributed by atoms with E-state index in [0.29, 0.717) is 18.4 Å². The van der Waals surface area contributed by atoms with Crippen molar-refractivity contribution in [1.82, 2.24) is 34.9 Å². The molecule has 0 N–H and O–H groups in total. The summed E-state index contributed by atoms with van der Waals surface area (Å²) in [7, 11) is 0. The molecule has 5 aliphatic rings. The number of benzene rings is 1. The molecule has 3 saturated heterocycles. The number of aromatic nitrogens is 4. The summed E-state index contributed by atoms with van der Waals surface area (Å²) in [5, 5.41) is 8.17. The number of hydrogen-bond donors (Lipinski definition) is 0. The van der Waals surface area contributed by atoms with Gasteiger partial charge in [-0.2, -0.15) is 0 Å². The highest BCUT2D eigenvalue weighted by Gasteiger charge is 2.54. The number of carbonyl (C=O) groups is 1. The molecule has 1 amide bonds. The Morgan fingerprint density at radius 3 is 2.80 bits per heavy atom. The van der Waals surface area contributed by atoms with Crippen LogP contribution in [0.4, 0.5) is 10.2 Å². The van der Waals surface area contributed by atoms with Crippen LogP contribution < -0.4 is 14.4 Å². The van der Waals surface area contributed by atoms with Gasteiger partial charge in [0, 0.05) is 86.6 Å². The second-order valence-corrected chi connectivity index (χ2v) is 15.0. The number of rotatable bonds is 12. The highest BCUT2D eigenvalue weighted by molar-refractivity contribution is 5.97. The van der Waals surface area contributed by atoms with E-state index in [1.54, 1.807) is 4.90 Å². The Balaban J connectivity index is 0.861. The number of nitrogens with zero attached hydrogens (tertiary/aromatic N) is 8. The molecule has 4 fully saturated rings. The monoisotopic (exact) mass is 686 g/mol. The Bertz CT molecular complexity index is 1710. The molecule has 2 unspecified atom stereocenters. The normalized spacial score (nSPS) is 22.8. The van der Waals surface area contributed by atoms with Crippen molar-refractivity contribution in [3.05, 3.63) is 59.4 Å². The molecule has 12 nitrogen and oxygen atoms in total. The highest BCUT2D eigenvalue weighted by Crippen LogP contribution is 2.52. The summed E-state index contributed by atoms with van der Waals surface area (Å²) in [5.41, 5.74) is 2.69. The number of pyridine rings is 1. The van der Waals surface area contributed by atoms with E-state index >= 15 is 0 Å². The third-order valence-electron chi connectivity index (χ3n) is 11.3. The maximum absolute atomic E-state index is 14.3. The van der Waals surface area contributed by atoms with Gasteiger partial charge >= 0.3 is 0 Å². The zero-order chi connectivity index (χ0) is 34.4. The molecule has 3 aromatic rings. The van der Waals surface area contributed by atoms with Gasteiger partial charge in [-0.3, -0.25) is 19.6 Å². The molecule has 1 aliphatic carbocycles. The fourth-order valence-corrected chi connectivity index (χ4v) is 8.63. The lowest BCUT2D eigenvalue weighted by Gasteiger charge is -2.58. The van der Waals surface area contributed by atoms with Crippen molar-refractivity contribution in [2.24, 2.45) is 11.3 Å². The van der Waals surface area contributed by atoms with Crippen molar-refractivity contribution < 1.29 is 23.4 Å². The topological polar surface area (TPSA) is 109 Å². The third kappa shape index (κ3) is 6.39. The van der Waals surface area contributed by atoms with Gasteiger partial charge in [0.1, 0.15) is 29.7 Å². The van der Waals surface area contributed by atoms with Gasteiger partial charge in [-0.1, -0.05) is 0 Å². The van der Waals surface area contributed by atoms with Gasteiger partial charge in [-0.25, -0.2) is 9.37 Å². The fraction of sp³-hybridized carbons (Fsp3) is 0.595. The van der Waals surface area contributed by atoms with Gasteiger partial charge in [0.2, 0.25) is 0 Å². The molecule has 6 heterocycles. The molecule has 1 saturated carbocycles. The van der Waals surface area contributed by atoms with E-state index < -0.39 is 5.82 Å². The van der Waals surface area contributed by atoms with Crippen LogP contribution in [0.25, 0.3) is 0 Å². The fourth-order valence-electron chi connectivity index (χ4n) is 8.63. The number of hydrogen-bond acceptors (Lipinski definition) is 11. The number of fused-ring (bicyclic) bond motifs is 2. The van der Waals surface area contributed by atoms with Crippen LogP contribution >= 0.6 is 0 Å². The lowest BCUT2D eigenvalue weighted by atomic mass is 9.61. The summed E-state index contributed by atoms with van der Waals surface area (Å²) in [6.07, 6.45) is 7.48. The molecule has 1 aromatic carbocycles. The maximum Gasteiger partial charge on any atom is 0.282 e. The molecule has 8 rings (SSSR count). The molecular formula is C37H47FN8O4. The van der Waals surface area contributed by atoms with E-state index in [0.717, 1.165) is 89.1 Å². The first-order valence-electron chi connectivity index (χ1n) is 18.2. The minimum absolute atomic E-state index is 0.0512. The van der Waals surface area contributed by atoms with Crippen LogP contribution in [0.15, 0.2) is 36.8 Å². The maximum atomic E-state index is 14.3. The summed E-state index contributed by atoms with van der Waals surface area (Å²) in [6, 6.07) is 6.59. The Labute approximate surface area is 292 Å². The summed E-state index contributed by atoms with van der Waals surface area (Å²) >= 11 is 0. The zero-order valence-electron chi connectivity index (χ0n) is 29.3. The number of amides is 1. The molecule has 13 heteroatoms. The predicted octanol–water partition coefficient (Wildman–Crippen LogP) is 4.20. The summed E-state index contributed by atoms with van der Waals surface area (Å²) in [5.74, 6) is 1.89. The molecule has 2 aromatic heterocycles. The number of likely N-dealkylation sites (tertiary alicyclic amines) is 1. The van der Waals surface area contributed by atoms with Crippen molar-refractivity contribution in [2.45, 2.75) is 71.2 Å². The SMILES string of the molecule is CCN(C(=O)c1cc(F)ccc1Oc1nncnc1N1CC2(CC(Oc3ccnc4c3CN(CCCN3CC5COCC53)CC4)C2)C1)C(C)C. The Hall–Kier alpha value is -3.94. The Kier molecular flexibility index (Phi) is 9.07. The summed E-state index contributed by atoms with van der Waals surface area (Å²) in [6.45, 7) is 15.0. The van der Waals surface area contributed by atoms with Crippen LogP contribution in [0.2, 0.25) is 0 Å². The first-order valence-corrected chi connectivity index (χ1v) is 18.2. The average Bonchev–Trinajstić information content (AvgIpc) is 3.45. The van der Waals surface area contributed by atoms with Crippen LogP contribution in [0, 0.1) is 17.2 Å². The quantitative estimate of drug-likeness (QED) is 0.274.